The van der Waals surface area contributed by atoms with Crippen LogP contribution in [0.1, 0.15) is 52.9 Å². The summed E-state index contributed by atoms with van der Waals surface area (Å²) in [6.45, 7) is 9.98. The molecule has 1 rings (SSSR count). The lowest BCUT2D eigenvalue weighted by atomic mass is 9.86. The maximum absolute atomic E-state index is 8.74. The number of piperidine rings is 1. The highest BCUT2D eigenvalue weighted by Crippen LogP contribution is 2.24. The summed E-state index contributed by atoms with van der Waals surface area (Å²) in [5.41, 5.74) is 5.50. The van der Waals surface area contributed by atoms with Crippen molar-refractivity contribution in [3.63, 3.8) is 0 Å². The van der Waals surface area contributed by atoms with Gasteiger partial charge in [0.15, 0.2) is 0 Å². The number of nitrogens with two attached hydrogens (primary N) is 1. The molecule has 1 unspecified atom stereocenters. The molecule has 0 radical (unpaired) electrons. The van der Waals surface area contributed by atoms with Crippen LogP contribution in [0, 0.1) is 11.3 Å². The standard InChI is InChI=1S/C14H29N3O/c1-4-12-7-5-9-17(11-12)10-6-8-14(2,3)13(15)16-18/h12,18H,4-11H2,1-3H3,(H2,15,16). The van der Waals surface area contributed by atoms with E-state index in [0.717, 1.165) is 25.3 Å². The molecule has 1 aliphatic rings. The summed E-state index contributed by atoms with van der Waals surface area (Å²) in [4.78, 5) is 2.57. The van der Waals surface area contributed by atoms with Gasteiger partial charge in [0.1, 0.15) is 5.84 Å². The van der Waals surface area contributed by atoms with E-state index in [4.69, 9.17) is 10.9 Å². The molecule has 18 heavy (non-hydrogen) atoms. The molecule has 0 spiro atoms. The number of amidine groups is 1. The van der Waals surface area contributed by atoms with Crippen LogP contribution in [0.4, 0.5) is 0 Å². The Hall–Kier alpha value is -0.770. The minimum Gasteiger partial charge on any atom is -0.409 e. The number of rotatable bonds is 6. The fourth-order valence-electron chi connectivity index (χ4n) is 2.70. The Bertz CT molecular complexity index is 276. The molecule has 1 heterocycles. The Morgan fingerprint density at radius 2 is 2.22 bits per heavy atom. The predicted molar refractivity (Wildman–Crippen MR) is 75.9 cm³/mol. The lowest BCUT2D eigenvalue weighted by molar-refractivity contribution is 0.165. The van der Waals surface area contributed by atoms with Gasteiger partial charge in [-0.3, -0.25) is 0 Å². The highest BCUT2D eigenvalue weighted by molar-refractivity contribution is 5.85. The molecule has 0 aromatic rings. The number of hydrogen-bond donors (Lipinski definition) is 2. The molecule has 0 bridgehead atoms. The third kappa shape index (κ3) is 4.48. The van der Waals surface area contributed by atoms with Crippen molar-refractivity contribution in [3.05, 3.63) is 0 Å². The van der Waals surface area contributed by atoms with E-state index >= 15 is 0 Å². The largest absolute Gasteiger partial charge is 0.409 e. The van der Waals surface area contributed by atoms with Crippen molar-refractivity contribution in [2.45, 2.75) is 52.9 Å². The molecule has 1 fully saturated rings. The van der Waals surface area contributed by atoms with Crippen LogP contribution in [0.2, 0.25) is 0 Å². The van der Waals surface area contributed by atoms with E-state index in [1.54, 1.807) is 0 Å². The van der Waals surface area contributed by atoms with Crippen LogP contribution in [0.15, 0.2) is 5.16 Å². The molecule has 1 atom stereocenters. The molecule has 4 nitrogen and oxygen atoms in total. The Morgan fingerprint density at radius 1 is 1.50 bits per heavy atom. The number of hydrogen-bond acceptors (Lipinski definition) is 3. The first-order valence-corrected chi connectivity index (χ1v) is 7.20. The zero-order chi connectivity index (χ0) is 13.6. The van der Waals surface area contributed by atoms with Crippen molar-refractivity contribution in [2.24, 2.45) is 22.2 Å². The molecule has 4 heteroatoms. The van der Waals surface area contributed by atoms with Crippen molar-refractivity contribution < 1.29 is 5.21 Å². The highest BCUT2D eigenvalue weighted by atomic mass is 16.4. The number of nitrogens with zero attached hydrogens (tertiary/aromatic N) is 2. The Morgan fingerprint density at radius 3 is 2.83 bits per heavy atom. The summed E-state index contributed by atoms with van der Waals surface area (Å²) in [7, 11) is 0. The van der Waals surface area contributed by atoms with E-state index in [9.17, 15) is 0 Å². The van der Waals surface area contributed by atoms with Gasteiger partial charge in [0.2, 0.25) is 0 Å². The van der Waals surface area contributed by atoms with Crippen LogP contribution >= 0.6 is 0 Å². The number of likely N-dealkylation sites (tertiary alicyclic amines) is 1. The SMILES string of the molecule is CCC1CCCN(CCCC(C)(C)C(N)=NO)C1. The Kier molecular flexibility index (Phi) is 5.93. The second kappa shape index (κ2) is 6.98. The van der Waals surface area contributed by atoms with Gasteiger partial charge in [-0.15, -0.1) is 0 Å². The second-order valence-corrected chi connectivity index (χ2v) is 6.19. The molecule has 0 amide bonds. The van der Waals surface area contributed by atoms with E-state index in [1.165, 1.54) is 32.4 Å². The van der Waals surface area contributed by atoms with Crippen LogP contribution in [0.3, 0.4) is 0 Å². The maximum Gasteiger partial charge on any atom is 0.144 e. The molecular weight excluding hydrogens is 226 g/mol. The monoisotopic (exact) mass is 255 g/mol. The van der Waals surface area contributed by atoms with E-state index < -0.39 is 0 Å². The molecule has 0 aliphatic carbocycles. The first-order chi connectivity index (χ1) is 8.49. The van der Waals surface area contributed by atoms with Crippen molar-refractivity contribution in [1.82, 2.24) is 4.90 Å². The van der Waals surface area contributed by atoms with E-state index in [1.807, 2.05) is 13.8 Å². The van der Waals surface area contributed by atoms with Gasteiger partial charge >= 0.3 is 0 Å². The van der Waals surface area contributed by atoms with Gasteiger partial charge < -0.3 is 15.8 Å². The molecule has 0 saturated carbocycles. The first kappa shape index (κ1) is 15.3. The summed E-state index contributed by atoms with van der Waals surface area (Å²) in [5, 5.41) is 11.9. The lowest BCUT2D eigenvalue weighted by Gasteiger charge is -2.33. The van der Waals surface area contributed by atoms with Crippen molar-refractivity contribution >= 4 is 5.84 Å². The van der Waals surface area contributed by atoms with E-state index in [-0.39, 0.29) is 5.41 Å². The number of oxime groups is 1. The molecule has 1 aliphatic heterocycles. The fourth-order valence-corrected chi connectivity index (χ4v) is 2.70. The van der Waals surface area contributed by atoms with Gasteiger partial charge in [0, 0.05) is 12.0 Å². The van der Waals surface area contributed by atoms with Gasteiger partial charge in [0.25, 0.3) is 0 Å². The average molecular weight is 255 g/mol. The van der Waals surface area contributed by atoms with E-state index in [2.05, 4.69) is 17.0 Å². The van der Waals surface area contributed by atoms with Gasteiger partial charge in [-0.25, -0.2) is 0 Å². The summed E-state index contributed by atoms with van der Waals surface area (Å²) in [6.07, 6.45) is 6.10. The van der Waals surface area contributed by atoms with Crippen LogP contribution in [0.5, 0.6) is 0 Å². The van der Waals surface area contributed by atoms with Crippen molar-refractivity contribution in [3.8, 4) is 0 Å². The maximum atomic E-state index is 8.74. The highest BCUT2D eigenvalue weighted by Gasteiger charge is 2.24. The predicted octanol–water partition coefficient (Wildman–Crippen LogP) is 2.66. The van der Waals surface area contributed by atoms with E-state index in [0.29, 0.717) is 5.84 Å². The third-order valence-electron chi connectivity index (χ3n) is 4.26. The van der Waals surface area contributed by atoms with Crippen LogP contribution in [-0.2, 0) is 0 Å². The lowest BCUT2D eigenvalue weighted by Crippen LogP contribution is -2.37. The Balaban J connectivity index is 2.29. The summed E-state index contributed by atoms with van der Waals surface area (Å²) < 4.78 is 0. The van der Waals surface area contributed by atoms with Gasteiger partial charge in [-0.05, 0) is 44.7 Å². The zero-order valence-electron chi connectivity index (χ0n) is 12.2. The van der Waals surface area contributed by atoms with Crippen LogP contribution in [0.25, 0.3) is 0 Å². The summed E-state index contributed by atoms with van der Waals surface area (Å²) in [6, 6.07) is 0. The summed E-state index contributed by atoms with van der Waals surface area (Å²) in [5.74, 6) is 1.23. The molecule has 1 saturated heterocycles. The first-order valence-electron chi connectivity index (χ1n) is 7.20. The smallest absolute Gasteiger partial charge is 0.144 e. The Labute approximate surface area is 111 Å². The molecule has 106 valence electrons. The quantitative estimate of drug-likeness (QED) is 0.332. The topological polar surface area (TPSA) is 61.8 Å². The minimum atomic E-state index is -0.200. The third-order valence-corrected chi connectivity index (χ3v) is 4.26. The molecule has 3 N–H and O–H groups in total. The van der Waals surface area contributed by atoms with Crippen molar-refractivity contribution in [1.29, 1.82) is 0 Å². The molecule has 0 aromatic carbocycles. The van der Waals surface area contributed by atoms with Crippen LogP contribution < -0.4 is 5.73 Å². The molecule has 0 aromatic heterocycles. The average Bonchev–Trinajstić information content (AvgIpc) is 2.37. The normalized spacial score (nSPS) is 23.3. The summed E-state index contributed by atoms with van der Waals surface area (Å²) >= 11 is 0. The van der Waals surface area contributed by atoms with Crippen molar-refractivity contribution in [2.75, 3.05) is 19.6 Å². The zero-order valence-corrected chi connectivity index (χ0v) is 12.2. The minimum absolute atomic E-state index is 0.200. The van der Waals surface area contributed by atoms with Crippen LogP contribution in [-0.4, -0.2) is 35.6 Å². The fraction of sp³-hybridized carbons (Fsp3) is 0.929. The van der Waals surface area contributed by atoms with Gasteiger partial charge in [-0.2, -0.15) is 0 Å². The molecular formula is C14H29N3O. The van der Waals surface area contributed by atoms with Gasteiger partial charge in [-0.1, -0.05) is 32.3 Å². The second-order valence-electron chi connectivity index (χ2n) is 6.19. The van der Waals surface area contributed by atoms with Gasteiger partial charge in [0.05, 0.1) is 0 Å².